The van der Waals surface area contributed by atoms with Crippen molar-refractivity contribution in [2.45, 2.75) is 57.2 Å². The standard InChI is InChI=1S/C17H24ClFN2/c1-2-15-10-20-17(7-3-4-8-17)12-21(15)11-13-5-6-14(19)9-16(13)18/h5-6,9,15,20H,2-4,7-8,10-12H2,1H3. The molecule has 0 bridgehead atoms. The van der Waals surface area contributed by atoms with E-state index in [0.717, 1.165) is 31.6 Å². The normalized spacial score (nSPS) is 25.6. The number of hydrogen-bond donors (Lipinski definition) is 1. The van der Waals surface area contributed by atoms with E-state index in [9.17, 15) is 4.39 Å². The van der Waals surface area contributed by atoms with Crippen LogP contribution in [0.4, 0.5) is 4.39 Å². The van der Waals surface area contributed by atoms with Crippen molar-refractivity contribution in [2.24, 2.45) is 0 Å². The van der Waals surface area contributed by atoms with Gasteiger partial charge in [0.25, 0.3) is 0 Å². The highest BCUT2D eigenvalue weighted by atomic mass is 35.5. The van der Waals surface area contributed by atoms with Crippen molar-refractivity contribution in [1.29, 1.82) is 0 Å². The predicted molar refractivity (Wildman–Crippen MR) is 85.1 cm³/mol. The molecule has 1 aromatic carbocycles. The lowest BCUT2D eigenvalue weighted by Gasteiger charge is -2.46. The molecule has 1 aliphatic heterocycles. The van der Waals surface area contributed by atoms with Crippen LogP contribution in [-0.4, -0.2) is 29.6 Å². The summed E-state index contributed by atoms with van der Waals surface area (Å²) in [5, 5.41) is 4.35. The van der Waals surface area contributed by atoms with Gasteiger partial charge in [-0.15, -0.1) is 0 Å². The summed E-state index contributed by atoms with van der Waals surface area (Å²) in [6, 6.07) is 5.30. The molecule has 1 aromatic rings. The van der Waals surface area contributed by atoms with Crippen molar-refractivity contribution in [1.82, 2.24) is 10.2 Å². The van der Waals surface area contributed by atoms with Gasteiger partial charge < -0.3 is 5.32 Å². The van der Waals surface area contributed by atoms with Gasteiger partial charge in [0.05, 0.1) is 0 Å². The summed E-state index contributed by atoms with van der Waals surface area (Å²) in [5.74, 6) is -0.261. The molecule has 1 heterocycles. The van der Waals surface area contributed by atoms with Crippen LogP contribution in [0.3, 0.4) is 0 Å². The molecule has 1 saturated heterocycles. The van der Waals surface area contributed by atoms with Crippen LogP contribution in [0.2, 0.25) is 5.02 Å². The molecule has 1 N–H and O–H groups in total. The molecule has 0 aromatic heterocycles. The Labute approximate surface area is 131 Å². The van der Waals surface area contributed by atoms with Gasteiger partial charge in [0.1, 0.15) is 5.82 Å². The molecule has 21 heavy (non-hydrogen) atoms. The third kappa shape index (κ3) is 3.25. The Balaban J connectivity index is 1.76. The summed E-state index contributed by atoms with van der Waals surface area (Å²) in [5.41, 5.74) is 1.34. The smallest absolute Gasteiger partial charge is 0.124 e. The minimum absolute atomic E-state index is 0.261. The lowest BCUT2D eigenvalue weighted by atomic mass is 9.91. The first-order chi connectivity index (χ1) is 10.1. The summed E-state index contributed by atoms with van der Waals surface area (Å²) < 4.78 is 13.2. The molecular weight excluding hydrogens is 287 g/mol. The fourth-order valence-corrected chi connectivity index (χ4v) is 4.11. The number of benzene rings is 1. The number of rotatable bonds is 3. The van der Waals surface area contributed by atoms with Crippen LogP contribution in [-0.2, 0) is 6.54 Å². The van der Waals surface area contributed by atoms with Gasteiger partial charge >= 0.3 is 0 Å². The largest absolute Gasteiger partial charge is 0.308 e. The molecule has 3 rings (SSSR count). The second-order valence-corrected chi connectivity index (χ2v) is 6.98. The summed E-state index contributed by atoms with van der Waals surface area (Å²) in [7, 11) is 0. The maximum absolute atomic E-state index is 13.2. The second-order valence-electron chi connectivity index (χ2n) is 6.57. The molecule has 1 aliphatic carbocycles. The highest BCUT2D eigenvalue weighted by Gasteiger charge is 2.40. The van der Waals surface area contributed by atoms with E-state index in [1.165, 1.54) is 37.8 Å². The average Bonchev–Trinajstić information content (AvgIpc) is 2.90. The molecule has 4 heteroatoms. The first-order valence-electron chi connectivity index (χ1n) is 8.05. The third-order valence-corrected chi connectivity index (χ3v) is 5.51. The second kappa shape index (κ2) is 6.23. The van der Waals surface area contributed by atoms with Crippen LogP contribution in [0.25, 0.3) is 0 Å². The number of hydrogen-bond acceptors (Lipinski definition) is 2. The first-order valence-corrected chi connectivity index (χ1v) is 8.43. The zero-order valence-corrected chi connectivity index (χ0v) is 13.4. The quantitative estimate of drug-likeness (QED) is 0.908. The monoisotopic (exact) mass is 310 g/mol. The third-order valence-electron chi connectivity index (χ3n) is 5.16. The molecule has 1 atom stereocenters. The highest BCUT2D eigenvalue weighted by molar-refractivity contribution is 6.31. The number of nitrogens with one attached hydrogen (secondary N) is 1. The van der Waals surface area contributed by atoms with Gasteiger partial charge in [0.15, 0.2) is 0 Å². The minimum atomic E-state index is -0.261. The van der Waals surface area contributed by atoms with E-state index in [1.54, 1.807) is 0 Å². The zero-order valence-electron chi connectivity index (χ0n) is 12.7. The van der Waals surface area contributed by atoms with Crippen LogP contribution >= 0.6 is 11.6 Å². The fraction of sp³-hybridized carbons (Fsp3) is 0.647. The van der Waals surface area contributed by atoms with E-state index in [1.807, 2.05) is 6.07 Å². The van der Waals surface area contributed by atoms with Gasteiger partial charge in [-0.1, -0.05) is 37.4 Å². The number of halogens is 2. The van der Waals surface area contributed by atoms with Gasteiger partial charge in [-0.2, -0.15) is 0 Å². The lowest BCUT2D eigenvalue weighted by molar-refractivity contribution is 0.0718. The van der Waals surface area contributed by atoms with Crippen LogP contribution < -0.4 is 5.32 Å². The van der Waals surface area contributed by atoms with E-state index in [-0.39, 0.29) is 5.82 Å². The topological polar surface area (TPSA) is 15.3 Å². The maximum Gasteiger partial charge on any atom is 0.124 e. The van der Waals surface area contributed by atoms with Crippen molar-refractivity contribution in [2.75, 3.05) is 13.1 Å². The van der Waals surface area contributed by atoms with E-state index < -0.39 is 0 Å². The van der Waals surface area contributed by atoms with Gasteiger partial charge in [-0.05, 0) is 37.0 Å². The average molecular weight is 311 g/mol. The van der Waals surface area contributed by atoms with Crippen molar-refractivity contribution < 1.29 is 4.39 Å². The Morgan fingerprint density at radius 1 is 1.38 bits per heavy atom. The maximum atomic E-state index is 13.2. The van der Waals surface area contributed by atoms with Gasteiger partial charge in [0.2, 0.25) is 0 Å². The van der Waals surface area contributed by atoms with Crippen molar-refractivity contribution in [3.05, 3.63) is 34.6 Å². The Kier molecular flexibility index (Phi) is 4.53. The van der Waals surface area contributed by atoms with Crippen LogP contribution in [0.15, 0.2) is 18.2 Å². The summed E-state index contributed by atoms with van der Waals surface area (Å²) >= 11 is 6.21. The fourth-order valence-electron chi connectivity index (χ4n) is 3.88. The van der Waals surface area contributed by atoms with E-state index in [4.69, 9.17) is 11.6 Å². The Hall–Kier alpha value is -0.640. The van der Waals surface area contributed by atoms with Crippen LogP contribution in [0, 0.1) is 5.82 Å². The minimum Gasteiger partial charge on any atom is -0.308 e. The summed E-state index contributed by atoms with van der Waals surface area (Å²) in [6.07, 6.45) is 6.33. The molecule has 1 saturated carbocycles. The molecular formula is C17H24ClFN2. The lowest BCUT2D eigenvalue weighted by Crippen LogP contribution is -2.62. The molecule has 2 fully saturated rings. The number of nitrogens with zero attached hydrogens (tertiary/aromatic N) is 1. The van der Waals surface area contributed by atoms with Gasteiger partial charge in [-0.25, -0.2) is 4.39 Å². The Morgan fingerprint density at radius 2 is 2.14 bits per heavy atom. The van der Waals surface area contributed by atoms with E-state index in [0.29, 0.717) is 16.6 Å². The molecule has 2 nitrogen and oxygen atoms in total. The molecule has 0 amide bonds. The zero-order chi connectivity index (χ0) is 14.9. The predicted octanol–water partition coefficient (Wildman–Crippen LogP) is 3.98. The molecule has 1 spiro atoms. The van der Waals surface area contributed by atoms with Crippen LogP contribution in [0.5, 0.6) is 0 Å². The SMILES string of the molecule is CCC1CNC2(CCCC2)CN1Cc1ccc(F)cc1Cl. The molecule has 116 valence electrons. The molecule has 1 unspecified atom stereocenters. The summed E-state index contributed by atoms with van der Waals surface area (Å²) in [6.45, 7) is 5.19. The van der Waals surface area contributed by atoms with Gasteiger partial charge in [0, 0.05) is 36.2 Å². The number of piperazine rings is 1. The Morgan fingerprint density at radius 3 is 2.81 bits per heavy atom. The first kappa shape index (κ1) is 15.3. The highest BCUT2D eigenvalue weighted by Crippen LogP contribution is 2.34. The van der Waals surface area contributed by atoms with Crippen LogP contribution in [0.1, 0.15) is 44.6 Å². The van der Waals surface area contributed by atoms with Crippen molar-refractivity contribution in [3.63, 3.8) is 0 Å². The van der Waals surface area contributed by atoms with E-state index >= 15 is 0 Å². The molecule has 0 radical (unpaired) electrons. The van der Waals surface area contributed by atoms with Crippen molar-refractivity contribution >= 4 is 11.6 Å². The summed E-state index contributed by atoms with van der Waals surface area (Å²) in [4.78, 5) is 2.54. The van der Waals surface area contributed by atoms with Gasteiger partial charge in [-0.3, -0.25) is 4.90 Å². The van der Waals surface area contributed by atoms with Crippen molar-refractivity contribution in [3.8, 4) is 0 Å². The molecule has 2 aliphatic rings. The van der Waals surface area contributed by atoms with E-state index in [2.05, 4.69) is 17.1 Å². The Bertz CT molecular complexity index is 500.